The molecule has 2 nitrogen and oxygen atoms in total. The van der Waals surface area contributed by atoms with Crippen LogP contribution in [0.3, 0.4) is 0 Å². The van der Waals surface area contributed by atoms with E-state index < -0.39 is 46.5 Å². The van der Waals surface area contributed by atoms with Crippen LogP contribution in [0.4, 0.5) is 69.2 Å². The second-order valence-electron chi connectivity index (χ2n) is 19.5. The van der Waals surface area contributed by atoms with Crippen LogP contribution in [0.5, 0.6) is 0 Å². The van der Waals surface area contributed by atoms with E-state index in [-0.39, 0.29) is 22.3 Å². The summed E-state index contributed by atoms with van der Waals surface area (Å²) in [6.45, 7) is 4.12. The molecule has 0 fully saturated rings. The molecule has 10 heteroatoms. The van der Waals surface area contributed by atoms with Crippen molar-refractivity contribution >= 4 is 66.4 Å². The van der Waals surface area contributed by atoms with Crippen LogP contribution in [0.25, 0.3) is 76.8 Å². The normalized spacial score (nSPS) is 11.6. The fraction of sp³-hybridized carbons (Fsp3) is 0.0588. The molecule has 0 amide bonds. The molecule has 12 aromatic rings. The van der Waals surface area contributed by atoms with Gasteiger partial charge in [-0.3, -0.25) is 0 Å². The van der Waals surface area contributed by atoms with Crippen LogP contribution in [0.15, 0.2) is 206 Å². The van der Waals surface area contributed by atoms with Gasteiger partial charge in [0, 0.05) is 57.8 Å². The van der Waals surface area contributed by atoms with Crippen molar-refractivity contribution < 1.29 is 35.1 Å². The standard InChI is InChI=1S/C68H44F8N2/c1-3-39-5-13-59(14-6-39)77(61-31-43(47-23-51(69)35-52(70)24-47)21-44(32-61)48-25-53(71)36-54(72)26-48)65-19-11-41-10-18-64-66(20-12-42-9-17-63(65)67(41)68(42)64)78(60-15-7-40(4-2)8-16-60)62-33-45(49-27-55(73)37-56(74)28-49)22-46(34-62)50-29-57(75)38-58(76)30-50/h5-38H,3-4H2,1-2H3. The summed E-state index contributed by atoms with van der Waals surface area (Å²) in [5.74, 6) is -6.33. The van der Waals surface area contributed by atoms with E-state index in [0.717, 1.165) is 103 Å². The SMILES string of the molecule is CCc1ccc(N(c2cc(-c3cc(F)cc(F)c3)cc(-c3cc(F)cc(F)c3)c2)c2ccc3ccc4c(N(c5ccc(CC)cc5)c5cc(-c6cc(F)cc(F)c6)cc(-c6cc(F)cc(F)c6)c5)ccc5ccc2c3c54)cc1. The van der Waals surface area contributed by atoms with Gasteiger partial charge in [0.1, 0.15) is 46.5 Å². The summed E-state index contributed by atoms with van der Waals surface area (Å²) >= 11 is 0. The van der Waals surface area contributed by atoms with Gasteiger partial charge in [0.25, 0.3) is 0 Å². The molecule has 0 aliphatic rings. The van der Waals surface area contributed by atoms with Crippen molar-refractivity contribution in [2.45, 2.75) is 26.7 Å². The zero-order valence-corrected chi connectivity index (χ0v) is 42.0. The first kappa shape index (κ1) is 49.6. The Labute approximate surface area is 444 Å². The van der Waals surface area contributed by atoms with Gasteiger partial charge in [0.2, 0.25) is 0 Å². The molecule has 0 unspecified atom stereocenters. The van der Waals surface area contributed by atoms with E-state index >= 15 is 35.1 Å². The van der Waals surface area contributed by atoms with E-state index in [2.05, 4.69) is 26.0 Å². The number of benzene rings is 12. The van der Waals surface area contributed by atoms with Crippen LogP contribution in [0.1, 0.15) is 25.0 Å². The number of hydrogen-bond donors (Lipinski definition) is 0. The quantitative estimate of drug-likeness (QED) is 0.0889. The Hall–Kier alpha value is -9.28. The molecule has 12 aromatic carbocycles. The predicted molar refractivity (Wildman–Crippen MR) is 300 cm³/mol. The van der Waals surface area contributed by atoms with Crippen LogP contribution in [0.2, 0.25) is 0 Å². The van der Waals surface area contributed by atoms with Crippen molar-refractivity contribution in [2.75, 3.05) is 9.80 Å². The van der Waals surface area contributed by atoms with Crippen molar-refractivity contribution in [2.24, 2.45) is 0 Å². The summed E-state index contributed by atoms with van der Waals surface area (Å²) in [6.07, 6.45) is 1.55. The van der Waals surface area contributed by atoms with Crippen molar-refractivity contribution in [3.63, 3.8) is 0 Å². The molecule has 0 radical (unpaired) electrons. The summed E-state index contributed by atoms with van der Waals surface area (Å²) in [4.78, 5) is 4.06. The van der Waals surface area contributed by atoms with Gasteiger partial charge in [0.05, 0.1) is 11.4 Å². The second kappa shape index (κ2) is 20.0. The van der Waals surface area contributed by atoms with Gasteiger partial charge in [-0.05, 0) is 211 Å². The monoisotopic (exact) mass is 1040 g/mol. The molecule has 0 saturated carbocycles. The average Bonchev–Trinajstić information content (AvgIpc) is 3.47. The van der Waals surface area contributed by atoms with Crippen LogP contribution in [-0.4, -0.2) is 0 Å². The maximum absolute atomic E-state index is 15.0. The molecule has 0 aliphatic heterocycles. The van der Waals surface area contributed by atoms with E-state index in [9.17, 15) is 0 Å². The molecular weight excluding hydrogens is 997 g/mol. The minimum absolute atomic E-state index is 0.217. The van der Waals surface area contributed by atoms with Crippen molar-refractivity contribution in [3.05, 3.63) is 264 Å². The summed E-state index contributed by atoms with van der Waals surface area (Å²) < 4.78 is 120. The minimum Gasteiger partial charge on any atom is -0.310 e. The smallest absolute Gasteiger partial charge is 0.126 e. The topological polar surface area (TPSA) is 6.48 Å². The van der Waals surface area contributed by atoms with Crippen LogP contribution >= 0.6 is 0 Å². The molecule has 0 heterocycles. The molecule has 0 saturated heterocycles. The molecule has 0 bridgehead atoms. The van der Waals surface area contributed by atoms with Crippen LogP contribution in [0, 0.1) is 46.5 Å². The first-order valence-corrected chi connectivity index (χ1v) is 25.4. The van der Waals surface area contributed by atoms with Crippen molar-refractivity contribution in [3.8, 4) is 44.5 Å². The van der Waals surface area contributed by atoms with E-state index in [1.807, 2.05) is 94.7 Å². The first-order valence-electron chi connectivity index (χ1n) is 25.4. The van der Waals surface area contributed by atoms with Gasteiger partial charge < -0.3 is 9.80 Å². The highest BCUT2D eigenvalue weighted by Crippen LogP contribution is 2.49. The number of aryl methyl sites for hydroxylation is 2. The predicted octanol–water partition coefficient (Wildman–Crippen LogP) is 20.4. The zero-order chi connectivity index (χ0) is 53.9. The molecular formula is C68H44F8N2. The maximum atomic E-state index is 15.0. The van der Waals surface area contributed by atoms with Crippen molar-refractivity contribution in [1.82, 2.24) is 0 Å². The van der Waals surface area contributed by atoms with Gasteiger partial charge in [-0.25, -0.2) is 35.1 Å². The Morgan fingerprint density at radius 2 is 0.513 bits per heavy atom. The Morgan fingerprint density at radius 1 is 0.256 bits per heavy atom. The van der Waals surface area contributed by atoms with E-state index in [0.29, 0.717) is 33.6 Å². The van der Waals surface area contributed by atoms with Gasteiger partial charge >= 0.3 is 0 Å². The number of halogens is 8. The third-order valence-corrected chi connectivity index (χ3v) is 14.4. The molecule has 0 aromatic heterocycles. The van der Waals surface area contributed by atoms with E-state index in [4.69, 9.17) is 0 Å². The molecule has 0 spiro atoms. The lowest BCUT2D eigenvalue weighted by Crippen LogP contribution is -2.12. The highest BCUT2D eigenvalue weighted by molar-refractivity contribution is 6.28. The molecule has 0 aliphatic carbocycles. The Bertz CT molecular complexity index is 3790. The lowest BCUT2D eigenvalue weighted by atomic mass is 9.91. The van der Waals surface area contributed by atoms with E-state index in [1.54, 1.807) is 36.4 Å². The molecule has 0 N–H and O–H groups in total. The summed E-state index contributed by atoms with van der Waals surface area (Å²) in [7, 11) is 0. The van der Waals surface area contributed by atoms with Gasteiger partial charge in [-0.15, -0.1) is 0 Å². The lowest BCUT2D eigenvalue weighted by molar-refractivity contribution is 0.583. The summed E-state index contributed by atoms with van der Waals surface area (Å²) in [5, 5.41) is 5.27. The number of rotatable bonds is 12. The van der Waals surface area contributed by atoms with E-state index in [1.165, 1.54) is 48.5 Å². The second-order valence-corrected chi connectivity index (χ2v) is 19.5. The maximum Gasteiger partial charge on any atom is 0.126 e. The first-order chi connectivity index (χ1) is 37.7. The average molecular weight is 1040 g/mol. The third kappa shape index (κ3) is 9.44. The Balaban J connectivity index is 1.12. The van der Waals surface area contributed by atoms with Crippen molar-refractivity contribution in [1.29, 1.82) is 0 Å². The molecule has 12 rings (SSSR count). The highest BCUT2D eigenvalue weighted by Gasteiger charge is 2.25. The molecule has 382 valence electrons. The highest BCUT2D eigenvalue weighted by atomic mass is 19.2. The van der Waals surface area contributed by atoms with Gasteiger partial charge in [0.15, 0.2) is 0 Å². The lowest BCUT2D eigenvalue weighted by Gasteiger charge is -2.30. The Kier molecular flexibility index (Phi) is 12.7. The fourth-order valence-electron chi connectivity index (χ4n) is 10.8. The molecule has 0 atom stereocenters. The van der Waals surface area contributed by atoms with Gasteiger partial charge in [-0.1, -0.05) is 74.5 Å². The molecule has 78 heavy (non-hydrogen) atoms. The summed E-state index contributed by atoms with van der Waals surface area (Å²) in [5.41, 5.74) is 8.59. The van der Waals surface area contributed by atoms with Gasteiger partial charge in [-0.2, -0.15) is 0 Å². The number of nitrogens with zero attached hydrogens (tertiary/aromatic N) is 2. The summed E-state index contributed by atoms with van der Waals surface area (Å²) in [6, 6.07) is 55.7. The largest absolute Gasteiger partial charge is 0.310 e. The third-order valence-electron chi connectivity index (χ3n) is 14.4. The number of anilines is 6. The Morgan fingerprint density at radius 3 is 0.782 bits per heavy atom. The van der Waals surface area contributed by atoms with Crippen LogP contribution in [-0.2, 0) is 12.8 Å². The minimum atomic E-state index is -0.791. The van der Waals surface area contributed by atoms with Crippen LogP contribution < -0.4 is 9.80 Å². The fourth-order valence-corrected chi connectivity index (χ4v) is 10.8. The zero-order valence-electron chi connectivity index (χ0n) is 42.0. The number of hydrogen-bond acceptors (Lipinski definition) is 2.